The lowest BCUT2D eigenvalue weighted by Crippen LogP contribution is -2.52. The minimum atomic E-state index is -1.70. The Morgan fingerprint density at radius 3 is 2.53 bits per heavy atom. The van der Waals surface area contributed by atoms with Gasteiger partial charge in [0.05, 0.1) is 11.7 Å². The average molecular weight is 452 g/mol. The standard InChI is InChI=1S/C26H26ClNO4/c1-28-14-15-31-21-8-5-9-22-24(21)25(30)23(29)16-20(17-6-3-2-4-7-17)26(25,32-22)18-10-12-19(27)13-11-18/h2-13,20,23,28-30H,14-16H2,1H3/t20-,23-,25+,26-/m0/s1. The van der Waals surface area contributed by atoms with Crippen LogP contribution in [0.5, 0.6) is 11.5 Å². The van der Waals surface area contributed by atoms with E-state index in [1.165, 1.54) is 0 Å². The fourth-order valence-electron chi connectivity index (χ4n) is 5.34. The van der Waals surface area contributed by atoms with Gasteiger partial charge in [-0.15, -0.1) is 0 Å². The Balaban J connectivity index is 1.73. The first-order chi connectivity index (χ1) is 15.5. The van der Waals surface area contributed by atoms with E-state index in [0.29, 0.717) is 41.7 Å². The molecule has 5 nitrogen and oxygen atoms in total. The van der Waals surface area contributed by atoms with Crippen molar-refractivity contribution in [2.75, 3.05) is 20.2 Å². The summed E-state index contributed by atoms with van der Waals surface area (Å²) in [7, 11) is 1.85. The highest BCUT2D eigenvalue weighted by Gasteiger charge is 2.73. The molecule has 1 aliphatic carbocycles. The number of nitrogens with one attached hydrogen (secondary N) is 1. The molecule has 1 saturated carbocycles. The number of aliphatic hydroxyl groups excluding tert-OH is 1. The van der Waals surface area contributed by atoms with E-state index in [0.717, 1.165) is 11.1 Å². The zero-order chi connectivity index (χ0) is 22.3. The largest absolute Gasteiger partial charge is 0.492 e. The lowest BCUT2D eigenvalue weighted by atomic mass is 9.71. The van der Waals surface area contributed by atoms with Gasteiger partial charge in [-0.3, -0.25) is 0 Å². The van der Waals surface area contributed by atoms with Gasteiger partial charge in [-0.05, 0) is 48.9 Å². The van der Waals surface area contributed by atoms with Crippen LogP contribution in [0.1, 0.15) is 29.0 Å². The normalized spacial score (nSPS) is 28.1. The highest BCUT2D eigenvalue weighted by Crippen LogP contribution is 2.68. The lowest BCUT2D eigenvalue weighted by Gasteiger charge is -2.40. The molecule has 6 heteroatoms. The number of benzene rings is 3. The van der Waals surface area contributed by atoms with E-state index in [-0.39, 0.29) is 5.92 Å². The highest BCUT2D eigenvalue weighted by atomic mass is 35.5. The fourth-order valence-corrected chi connectivity index (χ4v) is 5.46. The van der Waals surface area contributed by atoms with Crippen LogP contribution in [0, 0.1) is 0 Å². The number of halogens is 1. The number of hydrogen-bond acceptors (Lipinski definition) is 5. The molecule has 1 fully saturated rings. The molecule has 0 spiro atoms. The maximum absolute atomic E-state index is 12.4. The molecule has 4 atom stereocenters. The summed E-state index contributed by atoms with van der Waals surface area (Å²) in [6, 6.07) is 22.7. The number of ether oxygens (including phenoxy) is 2. The molecule has 1 heterocycles. The smallest absolute Gasteiger partial charge is 0.176 e. The summed E-state index contributed by atoms with van der Waals surface area (Å²) >= 11 is 6.18. The Hall–Kier alpha value is -2.57. The van der Waals surface area contributed by atoms with E-state index in [1.54, 1.807) is 12.1 Å². The van der Waals surface area contributed by atoms with Crippen LogP contribution in [0.4, 0.5) is 0 Å². The molecule has 32 heavy (non-hydrogen) atoms. The van der Waals surface area contributed by atoms with E-state index in [2.05, 4.69) is 5.32 Å². The average Bonchev–Trinajstić information content (AvgIpc) is 3.21. The van der Waals surface area contributed by atoms with Gasteiger partial charge in [0.25, 0.3) is 0 Å². The molecular formula is C26H26ClNO4. The van der Waals surface area contributed by atoms with Gasteiger partial charge in [0.2, 0.25) is 0 Å². The zero-order valence-electron chi connectivity index (χ0n) is 17.8. The third kappa shape index (κ3) is 2.96. The van der Waals surface area contributed by atoms with Gasteiger partial charge >= 0.3 is 0 Å². The number of rotatable bonds is 6. The molecule has 0 unspecified atom stereocenters. The molecule has 0 saturated heterocycles. The van der Waals surface area contributed by atoms with Gasteiger partial charge in [-0.1, -0.05) is 60.1 Å². The molecule has 0 radical (unpaired) electrons. The predicted octanol–water partition coefficient (Wildman–Crippen LogP) is 3.96. The fraction of sp³-hybridized carbons (Fsp3) is 0.308. The zero-order valence-corrected chi connectivity index (χ0v) is 18.5. The second-order valence-corrected chi connectivity index (χ2v) is 8.84. The molecule has 3 aromatic rings. The van der Waals surface area contributed by atoms with Crippen LogP contribution in [0.15, 0.2) is 72.8 Å². The van der Waals surface area contributed by atoms with Gasteiger partial charge in [-0.25, -0.2) is 0 Å². The third-order valence-electron chi connectivity index (χ3n) is 6.72. The second-order valence-electron chi connectivity index (χ2n) is 8.41. The SMILES string of the molecule is CNCCOc1cccc2c1[C@]1(O)[C@@H](O)C[C@@H](c3ccccc3)[C@]1(c1ccc(Cl)cc1)O2. The van der Waals surface area contributed by atoms with Crippen molar-refractivity contribution in [3.05, 3.63) is 94.5 Å². The maximum Gasteiger partial charge on any atom is 0.176 e. The number of hydrogen-bond donors (Lipinski definition) is 3. The molecule has 5 rings (SSSR count). The molecule has 166 valence electrons. The molecule has 0 aromatic heterocycles. The van der Waals surface area contributed by atoms with Crippen molar-refractivity contribution in [1.29, 1.82) is 0 Å². The molecular weight excluding hydrogens is 426 g/mol. The van der Waals surface area contributed by atoms with Crippen molar-refractivity contribution in [3.63, 3.8) is 0 Å². The molecule has 3 aromatic carbocycles. The summed E-state index contributed by atoms with van der Waals surface area (Å²) in [5.74, 6) is 0.746. The summed E-state index contributed by atoms with van der Waals surface area (Å²) in [6.45, 7) is 1.08. The number of likely N-dealkylation sites (N-methyl/N-ethyl adjacent to an activating group) is 1. The molecule has 0 bridgehead atoms. The molecule has 0 amide bonds. The topological polar surface area (TPSA) is 71.0 Å². The van der Waals surface area contributed by atoms with Crippen molar-refractivity contribution < 1.29 is 19.7 Å². The quantitative estimate of drug-likeness (QED) is 0.495. The van der Waals surface area contributed by atoms with Crippen molar-refractivity contribution in [3.8, 4) is 11.5 Å². The Labute approximate surface area is 192 Å². The van der Waals surface area contributed by atoms with Gasteiger partial charge in [0.15, 0.2) is 11.2 Å². The predicted molar refractivity (Wildman–Crippen MR) is 123 cm³/mol. The van der Waals surface area contributed by atoms with Gasteiger partial charge in [0.1, 0.15) is 18.1 Å². The third-order valence-corrected chi connectivity index (χ3v) is 6.97. The molecule has 2 aliphatic rings. The second kappa shape index (κ2) is 8.09. The van der Waals surface area contributed by atoms with Gasteiger partial charge < -0.3 is 25.0 Å². The summed E-state index contributed by atoms with van der Waals surface area (Å²) in [6.07, 6.45) is -0.716. The van der Waals surface area contributed by atoms with Crippen molar-refractivity contribution in [2.45, 2.75) is 29.6 Å². The number of aliphatic hydroxyl groups is 2. The van der Waals surface area contributed by atoms with Crippen molar-refractivity contribution in [2.24, 2.45) is 0 Å². The minimum absolute atomic E-state index is 0.289. The first-order valence-electron chi connectivity index (χ1n) is 10.8. The van der Waals surface area contributed by atoms with Crippen molar-refractivity contribution in [1.82, 2.24) is 5.32 Å². The van der Waals surface area contributed by atoms with E-state index in [9.17, 15) is 10.2 Å². The minimum Gasteiger partial charge on any atom is -0.492 e. The molecule has 1 aliphatic heterocycles. The van der Waals surface area contributed by atoms with E-state index >= 15 is 0 Å². The molecule has 3 N–H and O–H groups in total. The number of fused-ring (bicyclic) bond motifs is 3. The van der Waals surface area contributed by atoms with Crippen LogP contribution in [-0.4, -0.2) is 36.5 Å². The van der Waals surface area contributed by atoms with Crippen LogP contribution < -0.4 is 14.8 Å². The Bertz CT molecular complexity index is 1110. The van der Waals surface area contributed by atoms with Crippen molar-refractivity contribution >= 4 is 11.6 Å². The van der Waals surface area contributed by atoms with Crippen LogP contribution in [0.25, 0.3) is 0 Å². The summed E-state index contributed by atoms with van der Waals surface area (Å²) in [5.41, 5.74) is -0.692. The summed E-state index contributed by atoms with van der Waals surface area (Å²) in [5, 5.41) is 27.4. The summed E-state index contributed by atoms with van der Waals surface area (Å²) in [4.78, 5) is 0. The Morgan fingerprint density at radius 1 is 1.06 bits per heavy atom. The van der Waals surface area contributed by atoms with Gasteiger partial charge in [-0.2, -0.15) is 0 Å². The maximum atomic E-state index is 12.4. The van der Waals surface area contributed by atoms with E-state index in [1.807, 2.05) is 67.7 Å². The van der Waals surface area contributed by atoms with Crippen LogP contribution in [-0.2, 0) is 11.2 Å². The summed E-state index contributed by atoms with van der Waals surface area (Å²) < 4.78 is 12.7. The van der Waals surface area contributed by atoms with Crippen LogP contribution >= 0.6 is 11.6 Å². The lowest BCUT2D eigenvalue weighted by molar-refractivity contribution is -0.150. The monoisotopic (exact) mass is 451 g/mol. The van der Waals surface area contributed by atoms with Crippen LogP contribution in [0.2, 0.25) is 5.02 Å². The van der Waals surface area contributed by atoms with Crippen LogP contribution in [0.3, 0.4) is 0 Å². The Kier molecular flexibility index (Phi) is 5.38. The van der Waals surface area contributed by atoms with E-state index in [4.69, 9.17) is 21.1 Å². The van der Waals surface area contributed by atoms with E-state index < -0.39 is 17.3 Å². The highest BCUT2D eigenvalue weighted by molar-refractivity contribution is 6.30. The van der Waals surface area contributed by atoms with Gasteiger partial charge in [0, 0.05) is 17.5 Å². The first-order valence-corrected chi connectivity index (χ1v) is 11.2. The first kappa shape index (κ1) is 21.3. The Morgan fingerprint density at radius 2 is 1.81 bits per heavy atom.